The summed E-state index contributed by atoms with van der Waals surface area (Å²) in [7, 11) is 3.73. The first-order valence-corrected chi connectivity index (χ1v) is 12.6. The van der Waals surface area contributed by atoms with E-state index in [1.807, 2.05) is 30.9 Å². The Hall–Kier alpha value is -3.53. The van der Waals surface area contributed by atoms with E-state index in [1.165, 1.54) is 6.07 Å². The average molecular weight is 511 g/mol. The molecule has 2 aromatic heterocycles. The molecular weight excluding hydrogens is 478 g/mol. The first-order chi connectivity index (χ1) is 17.8. The second-order valence-corrected chi connectivity index (χ2v) is 9.83. The smallest absolute Gasteiger partial charge is 0.229 e. The molecule has 0 radical (unpaired) electrons. The van der Waals surface area contributed by atoms with Crippen LogP contribution in [0.25, 0.3) is 11.3 Å². The molecule has 1 fully saturated rings. The number of ether oxygens (including phenoxy) is 2. The van der Waals surface area contributed by atoms with E-state index >= 15 is 0 Å². The molecule has 0 atom stereocenters. The van der Waals surface area contributed by atoms with Crippen LogP contribution in [0.5, 0.6) is 11.6 Å². The lowest BCUT2D eigenvalue weighted by molar-refractivity contribution is 0.252. The predicted molar refractivity (Wildman–Crippen MR) is 139 cm³/mol. The molecule has 1 aromatic carbocycles. The van der Waals surface area contributed by atoms with Gasteiger partial charge in [-0.25, -0.2) is 18.7 Å². The fourth-order valence-electron chi connectivity index (χ4n) is 5.03. The molecule has 1 N–H and O–H groups in total. The molecule has 0 saturated carbocycles. The monoisotopic (exact) mass is 510 g/mol. The van der Waals surface area contributed by atoms with Crippen LogP contribution >= 0.6 is 0 Å². The molecular formula is C27H32F2N6O2. The van der Waals surface area contributed by atoms with Gasteiger partial charge < -0.3 is 24.6 Å². The second kappa shape index (κ2) is 10.5. The Labute approximate surface area is 215 Å². The summed E-state index contributed by atoms with van der Waals surface area (Å²) in [5.41, 5.74) is 1.95. The number of methoxy groups -OCH3 is 1. The van der Waals surface area contributed by atoms with Crippen molar-refractivity contribution in [3.63, 3.8) is 0 Å². The third kappa shape index (κ3) is 5.16. The number of halogens is 2. The molecule has 37 heavy (non-hydrogen) atoms. The number of hydrogen-bond donors (Lipinski definition) is 1. The van der Waals surface area contributed by atoms with E-state index in [2.05, 4.69) is 32.2 Å². The number of anilines is 3. The minimum absolute atomic E-state index is 0.0107. The molecule has 4 heterocycles. The lowest BCUT2D eigenvalue weighted by Gasteiger charge is -2.34. The number of benzene rings is 1. The molecule has 5 rings (SSSR count). The summed E-state index contributed by atoms with van der Waals surface area (Å²) >= 11 is 0. The maximum Gasteiger partial charge on any atom is 0.229 e. The lowest BCUT2D eigenvalue weighted by Crippen LogP contribution is -2.38. The van der Waals surface area contributed by atoms with Crippen molar-refractivity contribution in [2.24, 2.45) is 0 Å². The number of likely N-dealkylation sites (tertiary alicyclic amines) is 1. The molecule has 2 aliphatic heterocycles. The van der Waals surface area contributed by atoms with Crippen molar-refractivity contribution < 1.29 is 18.3 Å². The largest absolute Gasteiger partial charge is 0.486 e. The quantitative estimate of drug-likeness (QED) is 0.498. The van der Waals surface area contributed by atoms with Gasteiger partial charge in [0.15, 0.2) is 17.4 Å². The minimum Gasteiger partial charge on any atom is -0.486 e. The van der Waals surface area contributed by atoms with Crippen LogP contribution in [0.2, 0.25) is 0 Å². The molecule has 196 valence electrons. The van der Waals surface area contributed by atoms with Crippen molar-refractivity contribution in [3.8, 4) is 22.9 Å². The van der Waals surface area contributed by atoms with E-state index in [0.717, 1.165) is 37.7 Å². The van der Waals surface area contributed by atoms with E-state index < -0.39 is 11.6 Å². The normalized spacial score (nSPS) is 16.5. The summed E-state index contributed by atoms with van der Waals surface area (Å²) in [5.74, 6) is 0.525. The predicted octanol–water partition coefficient (Wildman–Crippen LogP) is 4.99. The first kappa shape index (κ1) is 25.1. The fraction of sp³-hybridized carbons (Fsp3) is 0.444. The third-order valence-electron chi connectivity index (χ3n) is 7.03. The summed E-state index contributed by atoms with van der Waals surface area (Å²) in [6, 6.07) is 6.94. The number of hydrogen-bond acceptors (Lipinski definition) is 8. The summed E-state index contributed by atoms with van der Waals surface area (Å²) in [6.45, 7) is 7.12. The average Bonchev–Trinajstić information content (AvgIpc) is 2.90. The number of aromatic nitrogens is 3. The zero-order valence-electron chi connectivity index (χ0n) is 21.6. The van der Waals surface area contributed by atoms with Gasteiger partial charge in [0.25, 0.3) is 0 Å². The van der Waals surface area contributed by atoms with Crippen LogP contribution in [-0.4, -0.2) is 66.3 Å². The van der Waals surface area contributed by atoms with Crippen LogP contribution in [0.15, 0.2) is 30.5 Å². The van der Waals surface area contributed by atoms with Crippen LogP contribution in [-0.2, 0) is 0 Å². The molecule has 0 amide bonds. The van der Waals surface area contributed by atoms with E-state index in [4.69, 9.17) is 9.47 Å². The summed E-state index contributed by atoms with van der Waals surface area (Å²) < 4.78 is 41.0. The standard InChI is InChI=1S/C27H32F2N6O2/c1-16(2)35-11-12-37-25-20(28)13-18(14-22(25)35)24-21(29)15-30-27(33-24)32-23-6-5-19(26(31-23)36-4)17-7-9-34(3)10-8-17/h5-6,13-17H,7-12H2,1-4H3,(H,30,31,32,33). The Bertz CT molecular complexity index is 1280. The third-order valence-corrected chi connectivity index (χ3v) is 7.03. The highest BCUT2D eigenvalue weighted by molar-refractivity contribution is 5.73. The van der Waals surface area contributed by atoms with E-state index in [0.29, 0.717) is 42.0 Å². The lowest BCUT2D eigenvalue weighted by atomic mass is 9.90. The van der Waals surface area contributed by atoms with E-state index in [-0.39, 0.29) is 23.4 Å². The van der Waals surface area contributed by atoms with Crippen molar-refractivity contribution in [1.82, 2.24) is 19.9 Å². The Morgan fingerprint density at radius 2 is 1.86 bits per heavy atom. The minimum atomic E-state index is -0.652. The van der Waals surface area contributed by atoms with Crippen molar-refractivity contribution in [3.05, 3.63) is 47.7 Å². The maximum atomic E-state index is 15.0. The van der Waals surface area contributed by atoms with Crippen molar-refractivity contribution in [1.29, 1.82) is 0 Å². The number of pyridine rings is 1. The highest BCUT2D eigenvalue weighted by Crippen LogP contribution is 2.39. The summed E-state index contributed by atoms with van der Waals surface area (Å²) in [6.07, 6.45) is 3.16. The van der Waals surface area contributed by atoms with Gasteiger partial charge in [-0.2, -0.15) is 4.98 Å². The number of fused-ring (bicyclic) bond motifs is 1. The van der Waals surface area contributed by atoms with Crippen LogP contribution in [0.3, 0.4) is 0 Å². The highest BCUT2D eigenvalue weighted by Gasteiger charge is 2.26. The zero-order valence-corrected chi connectivity index (χ0v) is 21.6. The second-order valence-electron chi connectivity index (χ2n) is 9.83. The molecule has 2 aliphatic rings. The molecule has 0 bridgehead atoms. The van der Waals surface area contributed by atoms with Crippen LogP contribution < -0.4 is 19.7 Å². The Kier molecular flexibility index (Phi) is 7.10. The summed E-state index contributed by atoms with van der Waals surface area (Å²) in [4.78, 5) is 17.4. The van der Waals surface area contributed by atoms with Crippen LogP contribution in [0, 0.1) is 11.6 Å². The molecule has 3 aromatic rings. The molecule has 0 spiro atoms. The number of piperidine rings is 1. The SMILES string of the molecule is COc1nc(Nc2ncc(F)c(-c3cc(F)c4c(c3)N(C(C)C)CCO4)n2)ccc1C1CCN(C)CC1. The maximum absolute atomic E-state index is 15.0. The molecule has 10 heteroatoms. The van der Waals surface area contributed by atoms with Gasteiger partial charge in [0.05, 0.1) is 25.5 Å². The van der Waals surface area contributed by atoms with Gasteiger partial charge in [0.1, 0.15) is 18.1 Å². The zero-order chi connectivity index (χ0) is 26.1. The van der Waals surface area contributed by atoms with Gasteiger partial charge in [0.2, 0.25) is 11.8 Å². The number of nitrogens with one attached hydrogen (secondary N) is 1. The molecule has 0 unspecified atom stereocenters. The van der Waals surface area contributed by atoms with E-state index in [1.54, 1.807) is 13.2 Å². The van der Waals surface area contributed by atoms with Gasteiger partial charge in [0, 0.05) is 17.2 Å². The molecule has 0 aliphatic carbocycles. The number of nitrogens with zero attached hydrogens (tertiary/aromatic N) is 5. The topological polar surface area (TPSA) is 75.6 Å². The Balaban J connectivity index is 1.43. The van der Waals surface area contributed by atoms with Gasteiger partial charge in [-0.3, -0.25) is 0 Å². The molecule has 1 saturated heterocycles. The van der Waals surface area contributed by atoms with Crippen molar-refractivity contribution >= 4 is 17.5 Å². The van der Waals surface area contributed by atoms with Gasteiger partial charge >= 0.3 is 0 Å². The van der Waals surface area contributed by atoms with Crippen molar-refractivity contribution in [2.75, 3.05) is 50.6 Å². The van der Waals surface area contributed by atoms with Gasteiger partial charge in [-0.1, -0.05) is 0 Å². The molecule has 8 nitrogen and oxygen atoms in total. The summed E-state index contributed by atoms with van der Waals surface area (Å²) in [5, 5.41) is 3.04. The van der Waals surface area contributed by atoms with Gasteiger partial charge in [-0.15, -0.1) is 0 Å². The number of rotatable bonds is 6. The highest BCUT2D eigenvalue weighted by atomic mass is 19.1. The fourth-order valence-corrected chi connectivity index (χ4v) is 5.03. The Morgan fingerprint density at radius 1 is 1.08 bits per heavy atom. The van der Waals surface area contributed by atoms with E-state index in [9.17, 15) is 8.78 Å². The Morgan fingerprint density at radius 3 is 2.59 bits per heavy atom. The van der Waals surface area contributed by atoms with Crippen LogP contribution in [0.4, 0.5) is 26.2 Å². The van der Waals surface area contributed by atoms with Crippen LogP contribution in [0.1, 0.15) is 38.2 Å². The first-order valence-electron chi connectivity index (χ1n) is 12.6. The van der Waals surface area contributed by atoms with Crippen molar-refractivity contribution in [2.45, 2.75) is 38.6 Å². The van der Waals surface area contributed by atoms with Gasteiger partial charge in [-0.05, 0) is 77.0 Å².